The van der Waals surface area contributed by atoms with Gasteiger partial charge in [-0.3, -0.25) is 4.98 Å². The lowest BCUT2D eigenvalue weighted by molar-refractivity contribution is 0.0292. The minimum atomic E-state index is -0.630. The van der Waals surface area contributed by atoms with Gasteiger partial charge in [0.05, 0.1) is 22.2 Å². The molecule has 0 aliphatic heterocycles. The predicted octanol–water partition coefficient (Wildman–Crippen LogP) is 7.25. The van der Waals surface area contributed by atoms with Crippen LogP contribution in [0.1, 0.15) is 42.4 Å². The molecule has 0 aliphatic carbocycles. The van der Waals surface area contributed by atoms with E-state index in [-0.39, 0.29) is 31.1 Å². The molecule has 1 amide bonds. The first-order chi connectivity index (χ1) is 18.9. The number of halogens is 2. The second-order valence-electron chi connectivity index (χ2n) is 10.4. The highest BCUT2D eigenvalue weighted by Crippen LogP contribution is 2.42. The number of hydrogen-bond donors (Lipinski definition) is 1. The molecule has 0 radical (unpaired) electrons. The smallest absolute Gasteiger partial charge is 0.410 e. The Hall–Kier alpha value is -3.75. The highest BCUT2D eigenvalue weighted by Gasteiger charge is 2.27. The molecular formula is C30H31Cl2N3O5. The number of hydrogen-bond acceptors (Lipinski definition) is 6. The lowest BCUT2D eigenvalue weighted by Crippen LogP contribution is -2.35. The van der Waals surface area contributed by atoms with Crippen LogP contribution >= 0.6 is 23.2 Å². The number of esters is 1. The van der Waals surface area contributed by atoms with Crippen molar-refractivity contribution in [1.82, 2.24) is 14.5 Å². The number of amides is 1. The number of fused-ring (bicyclic) bond motifs is 1. The zero-order valence-corrected chi connectivity index (χ0v) is 24.5. The molecule has 0 atom stereocenters. The second-order valence-corrected chi connectivity index (χ2v) is 11.3. The maximum Gasteiger partial charge on any atom is 0.410 e. The fourth-order valence-electron chi connectivity index (χ4n) is 4.26. The van der Waals surface area contributed by atoms with E-state index in [0.717, 1.165) is 5.56 Å². The van der Waals surface area contributed by atoms with E-state index in [1.165, 1.54) is 4.90 Å². The summed E-state index contributed by atoms with van der Waals surface area (Å²) in [6.45, 7) is 7.66. The Morgan fingerprint density at radius 2 is 1.80 bits per heavy atom. The van der Waals surface area contributed by atoms with E-state index in [0.29, 0.717) is 37.8 Å². The van der Waals surface area contributed by atoms with E-state index in [2.05, 4.69) is 4.98 Å². The van der Waals surface area contributed by atoms with Gasteiger partial charge in [-0.1, -0.05) is 59.6 Å². The number of aromatic hydroxyl groups is 1. The maximum atomic E-state index is 13.5. The molecule has 1 N–H and O–H groups in total. The highest BCUT2D eigenvalue weighted by molar-refractivity contribution is 6.37. The van der Waals surface area contributed by atoms with Crippen LogP contribution in [0.25, 0.3) is 22.0 Å². The van der Waals surface area contributed by atoms with Gasteiger partial charge in [0.2, 0.25) is 5.88 Å². The van der Waals surface area contributed by atoms with Crippen molar-refractivity contribution in [2.45, 2.75) is 46.4 Å². The normalized spacial score (nSPS) is 11.5. The number of ether oxygens (including phenoxy) is 2. The molecule has 4 rings (SSSR count). The number of carbonyl (C=O) groups excluding carboxylic acids is 2. The van der Waals surface area contributed by atoms with E-state index >= 15 is 0 Å². The van der Waals surface area contributed by atoms with Crippen molar-refractivity contribution < 1.29 is 24.2 Å². The molecule has 0 spiro atoms. The number of likely N-dealkylation sites (N-methyl/N-ethyl adjacent to an activating group) is 1. The molecule has 10 heteroatoms. The summed E-state index contributed by atoms with van der Waals surface area (Å²) >= 11 is 12.8. The van der Waals surface area contributed by atoms with Crippen LogP contribution in [0.15, 0.2) is 54.7 Å². The monoisotopic (exact) mass is 583 g/mol. The van der Waals surface area contributed by atoms with Gasteiger partial charge < -0.3 is 24.0 Å². The molecular weight excluding hydrogens is 553 g/mol. The lowest BCUT2D eigenvalue weighted by Gasteiger charge is -2.24. The number of nitrogens with zero attached hydrogens (tertiary/aromatic N) is 3. The standard InChI is InChI=1S/C30H31Cl2N3O5/c1-18-24(28(37)39-17-19-9-7-6-8-10-19)25(21-12-11-20(31)15-22(21)32)26-23(33-18)16-35(27(26)36)14-13-34(5)29(38)40-30(2,3)4/h6-12,15-16,36H,13-14,17H2,1-5H3. The molecule has 2 aromatic carbocycles. The van der Waals surface area contributed by atoms with Crippen LogP contribution in [-0.2, 0) is 22.6 Å². The van der Waals surface area contributed by atoms with Gasteiger partial charge >= 0.3 is 12.1 Å². The largest absolute Gasteiger partial charge is 0.494 e. The number of carbonyl (C=O) groups is 2. The van der Waals surface area contributed by atoms with Gasteiger partial charge in [-0.05, 0) is 45.4 Å². The number of pyridine rings is 1. The fourth-order valence-corrected chi connectivity index (χ4v) is 4.77. The van der Waals surface area contributed by atoms with Crippen molar-refractivity contribution in [3.8, 4) is 17.0 Å². The third kappa shape index (κ3) is 6.51. The van der Waals surface area contributed by atoms with Crippen molar-refractivity contribution in [3.63, 3.8) is 0 Å². The molecule has 0 saturated heterocycles. The van der Waals surface area contributed by atoms with E-state index < -0.39 is 17.7 Å². The van der Waals surface area contributed by atoms with Crippen molar-refractivity contribution in [2.75, 3.05) is 13.6 Å². The van der Waals surface area contributed by atoms with Crippen LogP contribution in [0, 0.1) is 6.92 Å². The van der Waals surface area contributed by atoms with Gasteiger partial charge in [0.1, 0.15) is 12.2 Å². The molecule has 0 aliphatic rings. The lowest BCUT2D eigenvalue weighted by atomic mass is 9.95. The summed E-state index contributed by atoms with van der Waals surface area (Å²) in [5, 5.41) is 12.4. The van der Waals surface area contributed by atoms with Crippen molar-refractivity contribution in [3.05, 3.63) is 81.6 Å². The molecule has 2 heterocycles. The average Bonchev–Trinajstić information content (AvgIpc) is 3.19. The van der Waals surface area contributed by atoms with Gasteiger partial charge in [0, 0.05) is 47.5 Å². The molecule has 0 saturated carbocycles. The molecule has 4 aromatic rings. The highest BCUT2D eigenvalue weighted by atomic mass is 35.5. The average molecular weight is 585 g/mol. The number of aryl methyl sites for hydroxylation is 1. The van der Waals surface area contributed by atoms with Gasteiger partial charge in [-0.15, -0.1) is 0 Å². The summed E-state index contributed by atoms with van der Waals surface area (Å²) in [7, 11) is 1.62. The Morgan fingerprint density at radius 1 is 1.10 bits per heavy atom. The minimum Gasteiger partial charge on any atom is -0.494 e. The number of benzene rings is 2. The van der Waals surface area contributed by atoms with E-state index in [1.807, 2.05) is 30.3 Å². The van der Waals surface area contributed by atoms with E-state index in [9.17, 15) is 14.7 Å². The van der Waals surface area contributed by atoms with E-state index in [4.69, 9.17) is 32.7 Å². The van der Waals surface area contributed by atoms with Crippen LogP contribution in [0.5, 0.6) is 5.88 Å². The quantitative estimate of drug-likeness (QED) is 0.230. The third-order valence-corrected chi connectivity index (χ3v) is 6.73. The van der Waals surface area contributed by atoms with Crippen LogP contribution in [0.3, 0.4) is 0 Å². The Bertz CT molecular complexity index is 1560. The van der Waals surface area contributed by atoms with Crippen molar-refractivity contribution in [2.24, 2.45) is 0 Å². The minimum absolute atomic E-state index is 0.0644. The molecule has 8 nitrogen and oxygen atoms in total. The summed E-state index contributed by atoms with van der Waals surface area (Å²) in [6.07, 6.45) is 1.20. The van der Waals surface area contributed by atoms with Crippen molar-refractivity contribution in [1.29, 1.82) is 0 Å². The Morgan fingerprint density at radius 3 is 2.45 bits per heavy atom. The van der Waals surface area contributed by atoms with Crippen LogP contribution < -0.4 is 0 Å². The summed E-state index contributed by atoms with van der Waals surface area (Å²) in [5.41, 5.74) is 2.13. The first-order valence-electron chi connectivity index (χ1n) is 12.7. The number of aromatic nitrogens is 2. The zero-order valence-electron chi connectivity index (χ0n) is 23.0. The van der Waals surface area contributed by atoms with Crippen LogP contribution in [0.4, 0.5) is 4.79 Å². The summed E-state index contributed by atoms with van der Waals surface area (Å²) in [6, 6.07) is 14.3. The zero-order chi connectivity index (χ0) is 29.2. The molecule has 210 valence electrons. The molecule has 2 aromatic heterocycles. The SMILES string of the molecule is Cc1nc2cn(CCN(C)C(=O)OC(C)(C)C)c(O)c2c(-c2ccc(Cl)cc2Cl)c1C(=O)OCc1ccccc1. The first-order valence-corrected chi connectivity index (χ1v) is 13.4. The predicted molar refractivity (Wildman–Crippen MR) is 156 cm³/mol. The molecule has 40 heavy (non-hydrogen) atoms. The number of rotatable bonds is 7. The van der Waals surface area contributed by atoms with Crippen LogP contribution in [0.2, 0.25) is 10.0 Å². The van der Waals surface area contributed by atoms with Gasteiger partial charge in [0.15, 0.2) is 0 Å². The second kappa shape index (κ2) is 11.8. The Labute approximate surface area is 243 Å². The summed E-state index contributed by atoms with van der Waals surface area (Å²) in [4.78, 5) is 32.0. The van der Waals surface area contributed by atoms with Gasteiger partial charge in [0.25, 0.3) is 0 Å². The summed E-state index contributed by atoms with van der Waals surface area (Å²) in [5.74, 6) is -0.730. The fraction of sp³-hybridized carbons (Fsp3) is 0.300. The van der Waals surface area contributed by atoms with Crippen molar-refractivity contribution >= 4 is 46.2 Å². The third-order valence-electron chi connectivity index (χ3n) is 6.18. The van der Waals surface area contributed by atoms with Gasteiger partial charge in [-0.2, -0.15) is 0 Å². The maximum absolute atomic E-state index is 13.5. The van der Waals surface area contributed by atoms with Gasteiger partial charge in [-0.25, -0.2) is 9.59 Å². The topological polar surface area (TPSA) is 93.9 Å². The molecule has 0 bridgehead atoms. The van der Waals surface area contributed by atoms with E-state index in [1.54, 1.807) is 63.7 Å². The van der Waals surface area contributed by atoms with Crippen LogP contribution in [-0.4, -0.2) is 50.8 Å². The Kier molecular flexibility index (Phi) is 8.61. The Balaban J connectivity index is 1.77. The summed E-state index contributed by atoms with van der Waals surface area (Å²) < 4.78 is 12.7. The molecule has 0 fully saturated rings. The molecule has 0 unspecified atom stereocenters. The first kappa shape index (κ1) is 29.2.